The highest BCUT2D eigenvalue weighted by Gasteiger charge is 2.43. The van der Waals surface area contributed by atoms with Gasteiger partial charge in [-0.05, 0) is 37.8 Å². The van der Waals surface area contributed by atoms with E-state index in [0.717, 1.165) is 32.6 Å². The first-order valence-corrected chi connectivity index (χ1v) is 7.29. The summed E-state index contributed by atoms with van der Waals surface area (Å²) in [5, 5.41) is 6.50. The Morgan fingerprint density at radius 3 is 2.79 bits per heavy atom. The first kappa shape index (κ1) is 15.1. The van der Waals surface area contributed by atoms with Gasteiger partial charge < -0.3 is 15.5 Å². The van der Waals surface area contributed by atoms with Crippen LogP contribution in [0.4, 0.5) is 0 Å². The Morgan fingerprint density at radius 2 is 2.16 bits per heavy atom. The Labute approximate surface area is 122 Å². The van der Waals surface area contributed by atoms with E-state index < -0.39 is 0 Å². The summed E-state index contributed by atoms with van der Waals surface area (Å²) in [6.07, 6.45) is 4.50. The predicted octanol–water partition coefficient (Wildman–Crippen LogP) is 1.01. The second kappa shape index (κ2) is 5.58. The van der Waals surface area contributed by atoms with E-state index in [1.54, 1.807) is 0 Å². The maximum Gasteiger partial charge on any atom is 0.220 e. The minimum Gasteiger partial charge on any atom is -0.355 e. The van der Waals surface area contributed by atoms with Crippen molar-refractivity contribution < 1.29 is 4.79 Å². The molecular formula is C14H26ClN3O. The van der Waals surface area contributed by atoms with Crippen LogP contribution in [0.3, 0.4) is 0 Å². The standard InChI is InChI=1S/C14H25N3O.ClH/c1-13(4-5-15-8-13)10-17-6-2-3-14(11-17)7-12(18)16-9-14;/h15H,2-11H2,1H3,(H,16,18);1H. The van der Waals surface area contributed by atoms with Gasteiger partial charge in [0, 0.05) is 38.0 Å². The van der Waals surface area contributed by atoms with Crippen LogP contribution in [-0.4, -0.2) is 50.1 Å². The third-order valence-electron chi connectivity index (χ3n) is 5.00. The molecule has 3 saturated heterocycles. The van der Waals surface area contributed by atoms with Crippen molar-refractivity contribution >= 4 is 18.3 Å². The Balaban J connectivity index is 0.00000133. The van der Waals surface area contributed by atoms with E-state index in [0.29, 0.717) is 5.41 Å². The van der Waals surface area contributed by atoms with Crippen LogP contribution in [0.1, 0.15) is 32.6 Å². The largest absolute Gasteiger partial charge is 0.355 e. The number of hydrogen-bond donors (Lipinski definition) is 2. The van der Waals surface area contributed by atoms with Crippen molar-refractivity contribution in [2.45, 2.75) is 32.6 Å². The van der Waals surface area contributed by atoms with Gasteiger partial charge in [-0.25, -0.2) is 0 Å². The molecule has 110 valence electrons. The van der Waals surface area contributed by atoms with Gasteiger partial charge in [0.2, 0.25) is 5.91 Å². The smallest absolute Gasteiger partial charge is 0.220 e. The summed E-state index contributed by atoms with van der Waals surface area (Å²) >= 11 is 0. The summed E-state index contributed by atoms with van der Waals surface area (Å²) in [5.41, 5.74) is 0.687. The third-order valence-corrected chi connectivity index (χ3v) is 5.00. The van der Waals surface area contributed by atoms with Gasteiger partial charge in [-0.2, -0.15) is 0 Å². The summed E-state index contributed by atoms with van der Waals surface area (Å²) in [5.74, 6) is 0.255. The van der Waals surface area contributed by atoms with E-state index in [1.807, 2.05) is 0 Å². The lowest BCUT2D eigenvalue weighted by atomic mass is 9.78. The second-order valence-electron chi connectivity index (χ2n) is 7.01. The van der Waals surface area contributed by atoms with Crippen molar-refractivity contribution in [3.63, 3.8) is 0 Å². The lowest BCUT2D eigenvalue weighted by Gasteiger charge is -2.42. The fraction of sp³-hybridized carbons (Fsp3) is 0.929. The van der Waals surface area contributed by atoms with Crippen LogP contribution in [0.25, 0.3) is 0 Å². The minimum absolute atomic E-state index is 0. The predicted molar refractivity (Wildman–Crippen MR) is 78.6 cm³/mol. The normalized spacial score (nSPS) is 39.3. The highest BCUT2D eigenvalue weighted by molar-refractivity contribution is 5.85. The number of nitrogens with one attached hydrogen (secondary N) is 2. The van der Waals surface area contributed by atoms with Crippen molar-refractivity contribution in [1.29, 1.82) is 0 Å². The van der Waals surface area contributed by atoms with Crippen molar-refractivity contribution in [3.8, 4) is 0 Å². The molecule has 3 fully saturated rings. The molecule has 2 unspecified atom stereocenters. The van der Waals surface area contributed by atoms with Gasteiger partial charge in [0.1, 0.15) is 0 Å². The zero-order valence-corrected chi connectivity index (χ0v) is 12.7. The zero-order chi connectivity index (χ0) is 12.6. The Morgan fingerprint density at radius 1 is 1.32 bits per heavy atom. The van der Waals surface area contributed by atoms with Crippen LogP contribution < -0.4 is 10.6 Å². The fourth-order valence-corrected chi connectivity index (χ4v) is 4.03. The zero-order valence-electron chi connectivity index (χ0n) is 11.8. The van der Waals surface area contributed by atoms with E-state index in [2.05, 4.69) is 22.5 Å². The molecule has 0 aromatic rings. The first-order chi connectivity index (χ1) is 8.59. The van der Waals surface area contributed by atoms with E-state index in [-0.39, 0.29) is 23.7 Å². The number of piperidine rings is 1. The van der Waals surface area contributed by atoms with Gasteiger partial charge in [-0.1, -0.05) is 6.92 Å². The Hall–Kier alpha value is -0.320. The van der Waals surface area contributed by atoms with Crippen LogP contribution in [0.2, 0.25) is 0 Å². The number of halogens is 1. The molecule has 2 N–H and O–H groups in total. The van der Waals surface area contributed by atoms with Crippen LogP contribution in [0.15, 0.2) is 0 Å². The summed E-state index contributed by atoms with van der Waals surface area (Å²) in [6.45, 7) is 9.12. The topological polar surface area (TPSA) is 44.4 Å². The average molecular weight is 288 g/mol. The van der Waals surface area contributed by atoms with Crippen molar-refractivity contribution in [3.05, 3.63) is 0 Å². The lowest BCUT2D eigenvalue weighted by Crippen LogP contribution is -2.48. The van der Waals surface area contributed by atoms with E-state index in [1.165, 1.54) is 32.4 Å². The van der Waals surface area contributed by atoms with Gasteiger partial charge in [0.05, 0.1) is 0 Å². The molecule has 0 aliphatic carbocycles. The fourth-order valence-electron chi connectivity index (χ4n) is 4.03. The summed E-state index contributed by atoms with van der Waals surface area (Å²) in [7, 11) is 0. The van der Waals surface area contributed by atoms with Crippen LogP contribution >= 0.6 is 12.4 Å². The van der Waals surface area contributed by atoms with Crippen molar-refractivity contribution in [2.75, 3.05) is 39.3 Å². The maximum atomic E-state index is 11.5. The maximum absolute atomic E-state index is 11.5. The first-order valence-electron chi connectivity index (χ1n) is 7.29. The SMILES string of the molecule is CC1(CN2CCCC3(CNC(=O)C3)C2)CCNC1.Cl. The second-order valence-corrected chi connectivity index (χ2v) is 7.01. The number of carbonyl (C=O) groups excluding carboxylic acids is 1. The van der Waals surface area contributed by atoms with Gasteiger partial charge in [0.15, 0.2) is 0 Å². The molecule has 5 heteroatoms. The van der Waals surface area contributed by atoms with Crippen molar-refractivity contribution in [2.24, 2.45) is 10.8 Å². The molecule has 3 aliphatic rings. The molecule has 0 saturated carbocycles. The molecule has 1 spiro atoms. The molecule has 0 radical (unpaired) electrons. The van der Waals surface area contributed by atoms with Gasteiger partial charge >= 0.3 is 0 Å². The molecule has 0 aromatic carbocycles. The van der Waals surface area contributed by atoms with Gasteiger partial charge in [0.25, 0.3) is 0 Å². The quantitative estimate of drug-likeness (QED) is 0.797. The molecule has 4 nitrogen and oxygen atoms in total. The number of carbonyl (C=O) groups is 1. The number of likely N-dealkylation sites (tertiary alicyclic amines) is 1. The van der Waals surface area contributed by atoms with Gasteiger partial charge in [-0.3, -0.25) is 4.79 Å². The van der Waals surface area contributed by atoms with Crippen molar-refractivity contribution in [1.82, 2.24) is 15.5 Å². The third kappa shape index (κ3) is 3.23. The Kier molecular flexibility index (Phi) is 4.43. The van der Waals surface area contributed by atoms with Crippen LogP contribution in [-0.2, 0) is 4.79 Å². The number of nitrogens with zero attached hydrogens (tertiary/aromatic N) is 1. The molecule has 3 heterocycles. The van der Waals surface area contributed by atoms with E-state index in [9.17, 15) is 4.79 Å². The Bertz CT molecular complexity index is 344. The monoisotopic (exact) mass is 287 g/mol. The summed E-state index contributed by atoms with van der Waals surface area (Å²) < 4.78 is 0. The number of rotatable bonds is 2. The number of hydrogen-bond acceptors (Lipinski definition) is 3. The van der Waals surface area contributed by atoms with Crippen LogP contribution in [0.5, 0.6) is 0 Å². The average Bonchev–Trinajstić information content (AvgIpc) is 2.87. The summed E-state index contributed by atoms with van der Waals surface area (Å²) in [6, 6.07) is 0. The molecule has 19 heavy (non-hydrogen) atoms. The van der Waals surface area contributed by atoms with E-state index in [4.69, 9.17) is 0 Å². The molecular weight excluding hydrogens is 262 g/mol. The highest BCUT2D eigenvalue weighted by atomic mass is 35.5. The highest BCUT2D eigenvalue weighted by Crippen LogP contribution is 2.37. The van der Waals surface area contributed by atoms with Gasteiger partial charge in [-0.15, -0.1) is 12.4 Å². The molecule has 2 atom stereocenters. The molecule has 3 rings (SSSR count). The molecule has 0 bridgehead atoms. The molecule has 1 amide bonds. The van der Waals surface area contributed by atoms with Crippen LogP contribution in [0, 0.1) is 10.8 Å². The van der Waals surface area contributed by atoms with E-state index >= 15 is 0 Å². The molecule has 0 aromatic heterocycles. The number of amides is 1. The summed E-state index contributed by atoms with van der Waals surface area (Å²) in [4.78, 5) is 14.1. The minimum atomic E-state index is 0. The lowest BCUT2D eigenvalue weighted by molar-refractivity contribution is -0.120. The molecule has 3 aliphatic heterocycles.